The number of unbranched alkanes of at least 4 members (excludes halogenated alkanes) is 1. The number of nitrogens with zero attached hydrogens (tertiary/aromatic N) is 2. The third kappa shape index (κ3) is 5.71. The van der Waals surface area contributed by atoms with Gasteiger partial charge in [0.15, 0.2) is 5.17 Å². The van der Waals surface area contributed by atoms with Crippen LogP contribution in [-0.4, -0.2) is 22.5 Å². The van der Waals surface area contributed by atoms with Gasteiger partial charge < -0.3 is 10.5 Å². The van der Waals surface area contributed by atoms with E-state index in [4.69, 9.17) is 15.5 Å². The maximum Gasteiger partial charge on any atom is 0.154 e. The molecular formula is C22H30FN3OS. The number of nitrogens with two attached hydrogens (primary N) is 1. The lowest BCUT2D eigenvalue weighted by Crippen LogP contribution is -2.26. The van der Waals surface area contributed by atoms with Gasteiger partial charge in [-0.3, -0.25) is 9.98 Å². The van der Waals surface area contributed by atoms with Crippen LogP contribution in [0.2, 0.25) is 0 Å². The highest BCUT2D eigenvalue weighted by atomic mass is 32.2. The van der Waals surface area contributed by atoms with E-state index in [1.54, 1.807) is 6.20 Å². The molecule has 0 aliphatic carbocycles. The van der Waals surface area contributed by atoms with E-state index in [9.17, 15) is 4.39 Å². The summed E-state index contributed by atoms with van der Waals surface area (Å²) in [5, 5.41) is 0.565. The first-order valence-electron chi connectivity index (χ1n) is 9.89. The Hall–Kier alpha value is -2.08. The van der Waals surface area contributed by atoms with Crippen molar-refractivity contribution in [2.45, 2.75) is 58.6 Å². The van der Waals surface area contributed by atoms with Crippen molar-refractivity contribution in [3.05, 3.63) is 48.0 Å². The number of hydrogen-bond acceptors (Lipinski definition) is 4. The Morgan fingerprint density at radius 3 is 2.75 bits per heavy atom. The molecule has 0 saturated carbocycles. The van der Waals surface area contributed by atoms with E-state index in [0.29, 0.717) is 5.17 Å². The highest BCUT2D eigenvalue weighted by Crippen LogP contribution is 2.40. The zero-order chi connectivity index (χ0) is 20.5. The van der Waals surface area contributed by atoms with Crippen molar-refractivity contribution in [2.75, 3.05) is 6.26 Å². The molecule has 1 aliphatic heterocycles. The van der Waals surface area contributed by atoms with Crippen LogP contribution < -0.4 is 10.5 Å². The molecule has 0 bridgehead atoms. The minimum absolute atomic E-state index is 0.0467. The summed E-state index contributed by atoms with van der Waals surface area (Å²) >= 11 is 1.44. The molecule has 0 fully saturated rings. The van der Waals surface area contributed by atoms with Gasteiger partial charge in [-0.15, -0.1) is 0 Å². The number of ether oxygens (including phenoxy) is 1. The summed E-state index contributed by atoms with van der Waals surface area (Å²) in [6.45, 7) is 6.18. The third-order valence-corrected chi connectivity index (χ3v) is 5.08. The lowest BCUT2D eigenvalue weighted by atomic mass is 9.92. The van der Waals surface area contributed by atoms with Crippen LogP contribution in [0.1, 0.15) is 58.1 Å². The summed E-state index contributed by atoms with van der Waals surface area (Å²) in [5.74, 6) is 0.491. The molecule has 0 spiro atoms. The molecule has 0 saturated heterocycles. The maximum absolute atomic E-state index is 13.5. The summed E-state index contributed by atoms with van der Waals surface area (Å²) in [6.07, 6.45) is 9.01. The van der Waals surface area contributed by atoms with Crippen LogP contribution in [0.15, 0.2) is 41.7 Å². The fourth-order valence-electron chi connectivity index (χ4n) is 3.21. The fourth-order valence-corrected chi connectivity index (χ4v) is 3.44. The maximum atomic E-state index is 13.5. The van der Waals surface area contributed by atoms with Gasteiger partial charge in [0.2, 0.25) is 0 Å². The van der Waals surface area contributed by atoms with Gasteiger partial charge in [-0.05, 0) is 36.4 Å². The van der Waals surface area contributed by atoms with Crippen molar-refractivity contribution in [1.82, 2.24) is 4.98 Å². The van der Waals surface area contributed by atoms with Crippen molar-refractivity contribution in [3.8, 4) is 16.9 Å². The van der Waals surface area contributed by atoms with E-state index in [0.717, 1.165) is 48.1 Å². The summed E-state index contributed by atoms with van der Waals surface area (Å²) in [7, 11) is 0. The van der Waals surface area contributed by atoms with Gasteiger partial charge in [0.1, 0.15) is 17.7 Å². The van der Waals surface area contributed by atoms with E-state index in [1.807, 2.05) is 38.3 Å². The van der Waals surface area contributed by atoms with Crippen molar-refractivity contribution in [2.24, 2.45) is 10.7 Å². The largest absolute Gasteiger partial charge is 0.490 e. The van der Waals surface area contributed by atoms with Crippen LogP contribution in [0.3, 0.4) is 0 Å². The highest BCUT2D eigenvalue weighted by Gasteiger charge is 2.28. The zero-order valence-corrected chi connectivity index (χ0v) is 17.9. The van der Waals surface area contributed by atoms with Crippen LogP contribution in [0.4, 0.5) is 4.39 Å². The lowest BCUT2D eigenvalue weighted by Gasteiger charge is -2.31. The molecule has 3 rings (SSSR count). The molecule has 1 unspecified atom stereocenters. The SMILES string of the molecule is CC.CCCCC1C[C@@H](N=C(N)SC)c2cc(-c3cncc(F)c3)ccc2O1. The summed E-state index contributed by atoms with van der Waals surface area (Å²) < 4.78 is 19.7. The van der Waals surface area contributed by atoms with Crippen molar-refractivity contribution in [1.29, 1.82) is 0 Å². The van der Waals surface area contributed by atoms with E-state index in [1.165, 1.54) is 24.0 Å². The molecule has 1 aliphatic rings. The Kier molecular flexibility index (Phi) is 8.77. The Morgan fingerprint density at radius 2 is 2.07 bits per heavy atom. The van der Waals surface area contributed by atoms with Crippen LogP contribution in [-0.2, 0) is 0 Å². The van der Waals surface area contributed by atoms with Gasteiger partial charge in [0.05, 0.1) is 12.2 Å². The third-order valence-electron chi connectivity index (χ3n) is 4.56. The minimum Gasteiger partial charge on any atom is -0.490 e. The van der Waals surface area contributed by atoms with Gasteiger partial charge in [-0.1, -0.05) is 51.4 Å². The molecule has 2 atom stereocenters. The monoisotopic (exact) mass is 403 g/mol. The smallest absolute Gasteiger partial charge is 0.154 e. The first kappa shape index (κ1) is 22.2. The fraction of sp³-hybridized carbons (Fsp3) is 0.455. The Morgan fingerprint density at radius 1 is 1.29 bits per heavy atom. The second kappa shape index (κ2) is 11.1. The van der Waals surface area contributed by atoms with E-state index in [-0.39, 0.29) is 18.0 Å². The number of thioether (sulfide) groups is 1. The second-order valence-corrected chi connectivity index (χ2v) is 7.28. The molecule has 4 nitrogen and oxygen atoms in total. The number of fused-ring (bicyclic) bond motifs is 1. The minimum atomic E-state index is -0.350. The average molecular weight is 404 g/mol. The molecule has 0 amide bonds. The first-order valence-corrected chi connectivity index (χ1v) is 11.1. The predicted molar refractivity (Wildman–Crippen MR) is 117 cm³/mol. The predicted octanol–water partition coefficient (Wildman–Crippen LogP) is 5.97. The molecule has 152 valence electrons. The van der Waals surface area contributed by atoms with Crippen LogP contribution >= 0.6 is 11.8 Å². The van der Waals surface area contributed by atoms with Crippen molar-refractivity contribution >= 4 is 16.9 Å². The van der Waals surface area contributed by atoms with Gasteiger partial charge >= 0.3 is 0 Å². The lowest BCUT2D eigenvalue weighted by molar-refractivity contribution is 0.148. The molecular weight excluding hydrogens is 373 g/mol. The van der Waals surface area contributed by atoms with Crippen LogP contribution in [0.5, 0.6) is 5.75 Å². The van der Waals surface area contributed by atoms with Gasteiger partial charge in [0, 0.05) is 23.7 Å². The van der Waals surface area contributed by atoms with Gasteiger partial charge in [-0.25, -0.2) is 4.39 Å². The van der Waals surface area contributed by atoms with E-state index < -0.39 is 0 Å². The number of benzene rings is 1. The van der Waals surface area contributed by atoms with Crippen LogP contribution in [0, 0.1) is 5.82 Å². The molecule has 2 heterocycles. The molecule has 2 N–H and O–H groups in total. The van der Waals surface area contributed by atoms with Crippen LogP contribution in [0.25, 0.3) is 11.1 Å². The van der Waals surface area contributed by atoms with Gasteiger partial charge in [0.25, 0.3) is 0 Å². The Labute approximate surface area is 171 Å². The zero-order valence-electron chi connectivity index (χ0n) is 17.1. The molecule has 28 heavy (non-hydrogen) atoms. The summed E-state index contributed by atoms with van der Waals surface area (Å²) in [5.41, 5.74) is 8.62. The van der Waals surface area contributed by atoms with Gasteiger partial charge in [-0.2, -0.15) is 0 Å². The number of aliphatic imine (C=N–C) groups is 1. The number of amidine groups is 1. The number of rotatable bonds is 5. The number of hydrogen-bond donors (Lipinski definition) is 1. The second-order valence-electron chi connectivity index (χ2n) is 6.45. The molecule has 2 aromatic rings. The molecule has 6 heteroatoms. The highest BCUT2D eigenvalue weighted by molar-refractivity contribution is 8.13. The number of pyridine rings is 1. The summed E-state index contributed by atoms with van der Waals surface area (Å²) in [4.78, 5) is 8.64. The number of halogens is 1. The Balaban J connectivity index is 0.00000136. The Bertz CT molecular complexity index is 797. The standard InChI is InChI=1S/C20H24FN3OS.C2H6/c1-3-4-5-16-10-18(24-20(22)26-2)17-9-13(6-7-19(17)25-16)14-8-15(21)12-23-11-14;1-2/h6-9,11-12,16,18H,3-5,10H2,1-2H3,(H2,22,24);1-2H3/t16?,18-;/m1./s1. The first-order chi connectivity index (χ1) is 13.6. The van der Waals surface area contributed by atoms with E-state index in [2.05, 4.69) is 11.9 Å². The summed E-state index contributed by atoms with van der Waals surface area (Å²) in [6, 6.07) is 7.34. The molecule has 1 aromatic heterocycles. The number of aromatic nitrogens is 1. The molecule has 1 aromatic carbocycles. The normalized spacial score (nSPS) is 18.5. The van der Waals surface area contributed by atoms with Crippen molar-refractivity contribution < 1.29 is 9.13 Å². The van der Waals surface area contributed by atoms with E-state index >= 15 is 0 Å². The molecule has 0 radical (unpaired) electrons. The van der Waals surface area contributed by atoms with Crippen molar-refractivity contribution in [3.63, 3.8) is 0 Å². The average Bonchev–Trinajstić information content (AvgIpc) is 2.73. The quantitative estimate of drug-likeness (QED) is 0.493. The topological polar surface area (TPSA) is 60.5 Å².